The Bertz CT molecular complexity index is 684. The fraction of sp³-hybridized carbons (Fsp3) is 0.143. The SMILES string of the molecule is Cc1nc(N2C(=O)Cc3cc(N)ccc32)ccc1Br. The van der Waals surface area contributed by atoms with E-state index in [1.165, 1.54) is 0 Å². The molecule has 96 valence electrons. The molecule has 0 fully saturated rings. The van der Waals surface area contributed by atoms with Crippen LogP contribution in [0, 0.1) is 6.92 Å². The van der Waals surface area contributed by atoms with Gasteiger partial charge in [-0.2, -0.15) is 0 Å². The summed E-state index contributed by atoms with van der Waals surface area (Å²) < 4.78 is 0.931. The molecule has 3 rings (SSSR count). The van der Waals surface area contributed by atoms with Crippen LogP contribution in [0.5, 0.6) is 0 Å². The Morgan fingerprint density at radius 3 is 2.84 bits per heavy atom. The first-order valence-electron chi connectivity index (χ1n) is 5.91. The minimum absolute atomic E-state index is 0.0230. The van der Waals surface area contributed by atoms with Gasteiger partial charge in [0.05, 0.1) is 17.8 Å². The second-order valence-corrected chi connectivity index (χ2v) is 5.39. The first kappa shape index (κ1) is 12.2. The van der Waals surface area contributed by atoms with Gasteiger partial charge in [-0.1, -0.05) is 0 Å². The van der Waals surface area contributed by atoms with Gasteiger partial charge in [-0.3, -0.25) is 9.69 Å². The van der Waals surface area contributed by atoms with E-state index in [4.69, 9.17) is 5.73 Å². The van der Waals surface area contributed by atoms with Crippen molar-refractivity contribution in [3.8, 4) is 0 Å². The highest BCUT2D eigenvalue weighted by Crippen LogP contribution is 2.36. The third kappa shape index (κ3) is 2.00. The summed E-state index contributed by atoms with van der Waals surface area (Å²) in [5.74, 6) is 0.670. The Hall–Kier alpha value is -1.88. The number of nitrogens with zero attached hydrogens (tertiary/aromatic N) is 2. The number of nitrogen functional groups attached to an aromatic ring is 1. The van der Waals surface area contributed by atoms with Gasteiger partial charge in [0, 0.05) is 10.2 Å². The third-order valence-corrected chi connectivity index (χ3v) is 4.01. The Morgan fingerprint density at radius 2 is 2.11 bits per heavy atom. The zero-order valence-corrected chi connectivity index (χ0v) is 11.9. The fourth-order valence-corrected chi connectivity index (χ4v) is 2.47. The zero-order chi connectivity index (χ0) is 13.6. The molecule has 2 N–H and O–H groups in total. The predicted octanol–water partition coefficient (Wildman–Crippen LogP) is 2.96. The van der Waals surface area contributed by atoms with Gasteiger partial charge in [0.15, 0.2) is 0 Å². The van der Waals surface area contributed by atoms with E-state index < -0.39 is 0 Å². The molecule has 0 bridgehead atoms. The number of pyridine rings is 1. The van der Waals surface area contributed by atoms with Crippen molar-refractivity contribution in [1.29, 1.82) is 0 Å². The predicted molar refractivity (Wildman–Crippen MR) is 78.4 cm³/mol. The van der Waals surface area contributed by atoms with Crippen LogP contribution in [0.25, 0.3) is 0 Å². The number of anilines is 3. The Balaban J connectivity index is 2.11. The first-order chi connectivity index (χ1) is 9.06. The number of hydrogen-bond acceptors (Lipinski definition) is 3. The molecule has 1 aromatic carbocycles. The summed E-state index contributed by atoms with van der Waals surface area (Å²) in [6.07, 6.45) is 0.372. The average Bonchev–Trinajstić information content (AvgIpc) is 2.68. The van der Waals surface area contributed by atoms with Gasteiger partial charge in [-0.15, -0.1) is 0 Å². The minimum atomic E-state index is 0.0230. The lowest BCUT2D eigenvalue weighted by Crippen LogP contribution is -2.22. The number of amides is 1. The molecule has 0 saturated heterocycles. The van der Waals surface area contributed by atoms with Crippen LogP contribution in [0.2, 0.25) is 0 Å². The third-order valence-electron chi connectivity index (χ3n) is 3.17. The van der Waals surface area contributed by atoms with Crippen molar-refractivity contribution >= 4 is 39.0 Å². The van der Waals surface area contributed by atoms with E-state index in [2.05, 4.69) is 20.9 Å². The minimum Gasteiger partial charge on any atom is -0.399 e. The summed E-state index contributed by atoms with van der Waals surface area (Å²) in [5.41, 5.74) is 9.10. The number of carbonyl (C=O) groups excluding carboxylic acids is 1. The van der Waals surface area contributed by atoms with Crippen LogP contribution in [-0.4, -0.2) is 10.9 Å². The molecule has 1 amide bonds. The summed E-state index contributed by atoms with van der Waals surface area (Å²) in [4.78, 5) is 18.3. The first-order valence-corrected chi connectivity index (χ1v) is 6.70. The van der Waals surface area contributed by atoms with Gasteiger partial charge < -0.3 is 5.73 Å². The summed E-state index contributed by atoms with van der Waals surface area (Å²) in [6.45, 7) is 1.90. The van der Waals surface area contributed by atoms with Crippen LogP contribution in [0.15, 0.2) is 34.8 Å². The molecule has 1 aromatic heterocycles. The van der Waals surface area contributed by atoms with Crippen LogP contribution in [0.3, 0.4) is 0 Å². The maximum atomic E-state index is 12.2. The second kappa shape index (κ2) is 4.35. The normalized spacial score (nSPS) is 13.8. The number of fused-ring (bicyclic) bond motifs is 1. The van der Waals surface area contributed by atoms with Crippen LogP contribution >= 0.6 is 15.9 Å². The molecule has 5 heteroatoms. The molecular formula is C14H12BrN3O. The van der Waals surface area contributed by atoms with Gasteiger partial charge in [-0.05, 0) is 58.7 Å². The second-order valence-electron chi connectivity index (χ2n) is 4.53. The molecule has 0 spiro atoms. The fourth-order valence-electron chi connectivity index (χ4n) is 2.25. The van der Waals surface area contributed by atoms with Gasteiger partial charge in [0.25, 0.3) is 0 Å². The van der Waals surface area contributed by atoms with Gasteiger partial charge in [0.2, 0.25) is 5.91 Å². The molecule has 2 aromatic rings. The summed E-state index contributed by atoms with van der Waals surface area (Å²) in [6, 6.07) is 9.25. The smallest absolute Gasteiger partial charge is 0.237 e. The monoisotopic (exact) mass is 317 g/mol. The molecule has 4 nitrogen and oxygen atoms in total. The molecule has 19 heavy (non-hydrogen) atoms. The lowest BCUT2D eigenvalue weighted by molar-refractivity contribution is -0.116. The van der Waals surface area contributed by atoms with E-state index in [1.54, 1.807) is 11.0 Å². The highest BCUT2D eigenvalue weighted by molar-refractivity contribution is 9.10. The molecule has 1 aliphatic heterocycles. The zero-order valence-electron chi connectivity index (χ0n) is 10.4. The largest absolute Gasteiger partial charge is 0.399 e. The summed E-state index contributed by atoms with van der Waals surface area (Å²) >= 11 is 3.41. The van der Waals surface area contributed by atoms with Crippen molar-refractivity contribution in [2.75, 3.05) is 10.6 Å². The van der Waals surface area contributed by atoms with E-state index in [9.17, 15) is 4.79 Å². The average molecular weight is 318 g/mol. The summed E-state index contributed by atoms with van der Waals surface area (Å²) in [5, 5.41) is 0. The topological polar surface area (TPSA) is 59.2 Å². The van der Waals surface area contributed by atoms with E-state index in [0.717, 1.165) is 21.4 Å². The quantitative estimate of drug-likeness (QED) is 0.823. The van der Waals surface area contributed by atoms with Crippen molar-refractivity contribution in [2.45, 2.75) is 13.3 Å². The number of aryl methyl sites for hydroxylation is 1. The number of hydrogen-bond donors (Lipinski definition) is 1. The molecule has 0 saturated carbocycles. The number of halogens is 1. The maximum Gasteiger partial charge on any atom is 0.237 e. The van der Waals surface area contributed by atoms with Crippen LogP contribution in [-0.2, 0) is 11.2 Å². The van der Waals surface area contributed by atoms with E-state index in [1.807, 2.05) is 31.2 Å². The molecule has 0 atom stereocenters. The highest BCUT2D eigenvalue weighted by atomic mass is 79.9. The molecule has 0 aliphatic carbocycles. The van der Waals surface area contributed by atoms with Gasteiger partial charge in [-0.25, -0.2) is 4.98 Å². The van der Waals surface area contributed by atoms with Crippen LogP contribution in [0.4, 0.5) is 17.2 Å². The lowest BCUT2D eigenvalue weighted by Gasteiger charge is -2.17. The van der Waals surface area contributed by atoms with Gasteiger partial charge >= 0.3 is 0 Å². The molecule has 2 heterocycles. The number of aromatic nitrogens is 1. The number of benzene rings is 1. The van der Waals surface area contributed by atoms with Crippen LogP contribution in [0.1, 0.15) is 11.3 Å². The van der Waals surface area contributed by atoms with Crippen molar-refractivity contribution in [1.82, 2.24) is 4.98 Å². The Kier molecular flexibility index (Phi) is 2.78. The van der Waals surface area contributed by atoms with E-state index in [-0.39, 0.29) is 5.91 Å². The number of nitrogens with two attached hydrogens (primary N) is 1. The van der Waals surface area contributed by atoms with Crippen molar-refractivity contribution in [3.05, 3.63) is 46.1 Å². The van der Waals surface area contributed by atoms with Crippen molar-refractivity contribution in [3.63, 3.8) is 0 Å². The Labute approximate surface area is 119 Å². The van der Waals surface area contributed by atoms with Gasteiger partial charge in [0.1, 0.15) is 5.82 Å². The van der Waals surface area contributed by atoms with E-state index in [0.29, 0.717) is 17.9 Å². The maximum absolute atomic E-state index is 12.2. The molecule has 0 unspecified atom stereocenters. The molecule has 1 aliphatic rings. The standard InChI is InChI=1S/C14H12BrN3O/c1-8-11(15)3-5-13(17-8)18-12-4-2-10(16)6-9(12)7-14(18)19/h2-6H,7,16H2,1H3. The number of carbonyl (C=O) groups is 1. The molecular weight excluding hydrogens is 306 g/mol. The highest BCUT2D eigenvalue weighted by Gasteiger charge is 2.29. The van der Waals surface area contributed by atoms with Crippen molar-refractivity contribution < 1.29 is 4.79 Å². The number of rotatable bonds is 1. The van der Waals surface area contributed by atoms with Crippen LogP contribution < -0.4 is 10.6 Å². The van der Waals surface area contributed by atoms with E-state index >= 15 is 0 Å². The summed E-state index contributed by atoms with van der Waals surface area (Å²) in [7, 11) is 0. The Morgan fingerprint density at radius 1 is 1.32 bits per heavy atom. The molecule has 0 radical (unpaired) electrons. The van der Waals surface area contributed by atoms with Crippen molar-refractivity contribution in [2.24, 2.45) is 0 Å². The lowest BCUT2D eigenvalue weighted by atomic mass is 10.1.